The Morgan fingerprint density at radius 1 is 1.37 bits per heavy atom. The Labute approximate surface area is 128 Å². The molecule has 0 fully saturated rings. The van der Waals surface area contributed by atoms with Crippen LogP contribution < -0.4 is 0 Å². The zero-order chi connectivity index (χ0) is 14.0. The van der Waals surface area contributed by atoms with Gasteiger partial charge < -0.3 is 0 Å². The smallest absolute Gasteiger partial charge is 0.187 e. The lowest BCUT2D eigenvalue weighted by Crippen LogP contribution is -2.11. The van der Waals surface area contributed by atoms with Crippen LogP contribution in [0.2, 0.25) is 0 Å². The quantitative estimate of drug-likeness (QED) is 0.754. The minimum atomic E-state index is -0.0113. The third kappa shape index (κ3) is 3.12. The number of carbonyl (C=O) groups excluding carboxylic acids is 1. The molecule has 2 aromatic heterocycles. The van der Waals surface area contributed by atoms with Crippen LogP contribution in [0.25, 0.3) is 0 Å². The molecule has 2 rings (SSSR count). The van der Waals surface area contributed by atoms with Crippen LogP contribution in [0.4, 0.5) is 0 Å². The molecule has 2 aromatic rings. The Kier molecular flexibility index (Phi) is 4.52. The van der Waals surface area contributed by atoms with E-state index < -0.39 is 0 Å². The van der Waals surface area contributed by atoms with E-state index in [2.05, 4.69) is 41.9 Å². The van der Waals surface area contributed by atoms with Gasteiger partial charge in [-0.1, -0.05) is 0 Å². The summed E-state index contributed by atoms with van der Waals surface area (Å²) in [5, 5.41) is 4.38. The van der Waals surface area contributed by atoms with Crippen LogP contribution in [0.15, 0.2) is 27.3 Å². The highest BCUT2D eigenvalue weighted by Crippen LogP contribution is 2.22. The van der Waals surface area contributed by atoms with Gasteiger partial charge in [-0.3, -0.25) is 14.5 Å². The van der Waals surface area contributed by atoms with Gasteiger partial charge in [0.2, 0.25) is 0 Å². The predicted octanol–water partition coefficient (Wildman–Crippen LogP) is 3.56. The van der Waals surface area contributed by atoms with Crippen molar-refractivity contribution in [2.75, 3.05) is 0 Å². The van der Waals surface area contributed by atoms with Gasteiger partial charge in [0.25, 0.3) is 0 Å². The van der Waals surface area contributed by atoms with Crippen molar-refractivity contribution in [1.82, 2.24) is 14.8 Å². The molecule has 100 valence electrons. The lowest BCUT2D eigenvalue weighted by atomic mass is 10.1. The van der Waals surface area contributed by atoms with Crippen molar-refractivity contribution < 1.29 is 4.79 Å². The minimum Gasteiger partial charge on any atom is -0.292 e. The predicted molar refractivity (Wildman–Crippen MR) is 80.3 cm³/mol. The Hall–Kier alpha value is -1.01. The number of rotatable bonds is 4. The molecule has 19 heavy (non-hydrogen) atoms. The molecule has 0 aliphatic heterocycles. The van der Waals surface area contributed by atoms with E-state index in [1.54, 1.807) is 12.3 Å². The molecule has 0 spiro atoms. The molecule has 4 nitrogen and oxygen atoms in total. The largest absolute Gasteiger partial charge is 0.292 e. The summed E-state index contributed by atoms with van der Waals surface area (Å²) in [6.07, 6.45) is 1.93. The molecule has 0 radical (unpaired) electrons. The number of Topliss-reactive ketones (excluding diaryl/α,β-unsaturated/α-hetero) is 1. The summed E-state index contributed by atoms with van der Waals surface area (Å²) in [6.45, 7) is 4.66. The van der Waals surface area contributed by atoms with Gasteiger partial charge in [-0.2, -0.15) is 5.10 Å². The minimum absolute atomic E-state index is 0.0113. The summed E-state index contributed by atoms with van der Waals surface area (Å²) in [7, 11) is 0. The number of hydrogen-bond acceptors (Lipinski definition) is 3. The van der Waals surface area contributed by atoms with Crippen LogP contribution >= 0.6 is 31.9 Å². The molecular formula is C13H13Br2N3O. The van der Waals surface area contributed by atoms with E-state index in [4.69, 9.17) is 0 Å². The van der Waals surface area contributed by atoms with E-state index in [0.717, 1.165) is 26.9 Å². The van der Waals surface area contributed by atoms with Crippen molar-refractivity contribution in [3.63, 3.8) is 0 Å². The molecule has 0 aromatic carbocycles. The van der Waals surface area contributed by atoms with Gasteiger partial charge in [-0.05, 0) is 57.8 Å². The van der Waals surface area contributed by atoms with E-state index in [-0.39, 0.29) is 5.78 Å². The number of carbonyl (C=O) groups is 1. The van der Waals surface area contributed by atoms with Gasteiger partial charge >= 0.3 is 0 Å². The van der Waals surface area contributed by atoms with Crippen molar-refractivity contribution in [2.24, 2.45) is 0 Å². The van der Waals surface area contributed by atoms with Crippen LogP contribution in [0, 0.1) is 6.92 Å². The third-order valence-corrected chi connectivity index (χ3v) is 4.29. The Morgan fingerprint density at radius 3 is 2.68 bits per heavy atom. The highest BCUT2D eigenvalue weighted by molar-refractivity contribution is 9.10. The second-order valence-corrected chi connectivity index (χ2v) is 5.83. The number of aryl methyl sites for hydroxylation is 2. The molecule has 0 aliphatic carbocycles. The number of pyridine rings is 1. The van der Waals surface area contributed by atoms with Crippen LogP contribution in [-0.4, -0.2) is 20.5 Å². The molecule has 0 saturated heterocycles. The first-order chi connectivity index (χ1) is 9.02. The zero-order valence-corrected chi connectivity index (χ0v) is 13.8. The lowest BCUT2D eigenvalue weighted by molar-refractivity contribution is 0.0985. The number of aromatic nitrogens is 3. The molecule has 2 heterocycles. The van der Waals surface area contributed by atoms with Crippen molar-refractivity contribution in [2.45, 2.75) is 26.8 Å². The van der Waals surface area contributed by atoms with Gasteiger partial charge in [-0.15, -0.1) is 0 Å². The Balaban J connectivity index is 2.26. The van der Waals surface area contributed by atoms with E-state index in [1.807, 2.05) is 24.6 Å². The summed E-state index contributed by atoms with van der Waals surface area (Å²) in [5.41, 5.74) is 2.26. The molecule has 0 N–H and O–H groups in total. The van der Waals surface area contributed by atoms with Crippen molar-refractivity contribution in [3.8, 4) is 0 Å². The molecule has 0 atom stereocenters. The maximum atomic E-state index is 12.2. The van der Waals surface area contributed by atoms with E-state index in [0.29, 0.717) is 12.1 Å². The molecule has 0 amide bonds. The van der Waals surface area contributed by atoms with Crippen molar-refractivity contribution >= 4 is 37.6 Å². The highest BCUT2D eigenvalue weighted by atomic mass is 79.9. The molecule has 0 bridgehead atoms. The van der Waals surface area contributed by atoms with Crippen LogP contribution in [0.3, 0.4) is 0 Å². The van der Waals surface area contributed by atoms with E-state index >= 15 is 0 Å². The second kappa shape index (κ2) is 5.96. The maximum Gasteiger partial charge on any atom is 0.187 e. The number of hydrogen-bond donors (Lipinski definition) is 0. The summed E-state index contributed by atoms with van der Waals surface area (Å²) in [6, 6.07) is 3.54. The Morgan fingerprint density at radius 2 is 2.11 bits per heavy atom. The van der Waals surface area contributed by atoms with Crippen LogP contribution in [-0.2, 0) is 13.0 Å². The summed E-state index contributed by atoms with van der Waals surface area (Å²) >= 11 is 6.79. The normalized spacial score (nSPS) is 10.7. The van der Waals surface area contributed by atoms with E-state index in [9.17, 15) is 4.79 Å². The fourth-order valence-electron chi connectivity index (χ4n) is 1.82. The van der Waals surface area contributed by atoms with E-state index in [1.165, 1.54) is 0 Å². The standard InChI is InChI=1S/C13H13Br2N3O/c1-3-18-11(13(15)8(2)17-18)6-12(19)10-5-4-9(14)7-16-10/h4-5,7H,3,6H2,1-2H3. The molecular weight excluding hydrogens is 374 g/mol. The number of halogens is 2. The van der Waals surface area contributed by atoms with Gasteiger partial charge in [0.15, 0.2) is 5.78 Å². The first kappa shape index (κ1) is 14.4. The molecule has 6 heteroatoms. The first-order valence-electron chi connectivity index (χ1n) is 5.89. The third-order valence-electron chi connectivity index (χ3n) is 2.79. The SMILES string of the molecule is CCn1nc(C)c(Br)c1CC(=O)c1ccc(Br)cn1. The average molecular weight is 387 g/mol. The summed E-state index contributed by atoms with van der Waals surface area (Å²) < 4.78 is 3.61. The van der Waals surface area contributed by atoms with Gasteiger partial charge in [0, 0.05) is 17.2 Å². The number of nitrogens with zero attached hydrogens (tertiary/aromatic N) is 3. The fraction of sp³-hybridized carbons (Fsp3) is 0.308. The van der Waals surface area contributed by atoms with Crippen molar-refractivity contribution in [3.05, 3.63) is 44.4 Å². The summed E-state index contributed by atoms with van der Waals surface area (Å²) in [4.78, 5) is 16.3. The highest BCUT2D eigenvalue weighted by Gasteiger charge is 2.17. The fourth-order valence-corrected chi connectivity index (χ4v) is 2.48. The molecule has 0 aliphatic rings. The zero-order valence-electron chi connectivity index (χ0n) is 10.7. The van der Waals surface area contributed by atoms with Gasteiger partial charge in [0.1, 0.15) is 5.69 Å². The maximum absolute atomic E-state index is 12.2. The average Bonchev–Trinajstić information content (AvgIpc) is 2.67. The lowest BCUT2D eigenvalue weighted by Gasteiger charge is -2.05. The topological polar surface area (TPSA) is 47.8 Å². The van der Waals surface area contributed by atoms with Gasteiger partial charge in [0.05, 0.1) is 22.3 Å². The van der Waals surface area contributed by atoms with Crippen LogP contribution in [0.5, 0.6) is 0 Å². The Bertz CT molecular complexity index is 605. The first-order valence-corrected chi connectivity index (χ1v) is 7.48. The number of ketones is 1. The summed E-state index contributed by atoms with van der Waals surface area (Å²) in [5.74, 6) is -0.0113. The molecule has 0 saturated carbocycles. The monoisotopic (exact) mass is 385 g/mol. The van der Waals surface area contributed by atoms with Crippen LogP contribution in [0.1, 0.15) is 28.8 Å². The molecule has 0 unspecified atom stereocenters. The van der Waals surface area contributed by atoms with Crippen molar-refractivity contribution in [1.29, 1.82) is 0 Å². The van der Waals surface area contributed by atoms with Gasteiger partial charge in [-0.25, -0.2) is 0 Å². The second-order valence-electron chi connectivity index (χ2n) is 4.12.